The largest absolute Gasteiger partial charge is 0.469 e. The summed E-state index contributed by atoms with van der Waals surface area (Å²) in [6.45, 7) is 0.884. The predicted octanol–water partition coefficient (Wildman–Crippen LogP) is 1.76. The number of carbonyl (C=O) groups excluding carboxylic acids is 2. The monoisotopic (exact) mass is 284 g/mol. The molecule has 1 aliphatic rings. The summed E-state index contributed by atoms with van der Waals surface area (Å²) >= 11 is 0. The second kappa shape index (κ2) is 5.52. The SMILES string of the molecule is COC(=O)C1CC(=O)N(Cc2cncc3ccccc23)C1. The van der Waals surface area contributed by atoms with Crippen LogP contribution in [0.1, 0.15) is 12.0 Å². The molecule has 108 valence electrons. The number of aromatic nitrogens is 1. The van der Waals surface area contributed by atoms with E-state index < -0.39 is 0 Å². The topological polar surface area (TPSA) is 59.5 Å². The zero-order valence-electron chi connectivity index (χ0n) is 11.8. The highest BCUT2D eigenvalue weighted by Crippen LogP contribution is 2.24. The summed E-state index contributed by atoms with van der Waals surface area (Å²) in [6, 6.07) is 7.94. The van der Waals surface area contributed by atoms with E-state index in [-0.39, 0.29) is 24.2 Å². The van der Waals surface area contributed by atoms with Crippen molar-refractivity contribution in [2.45, 2.75) is 13.0 Å². The summed E-state index contributed by atoms with van der Waals surface area (Å²) in [5.74, 6) is -0.689. The number of fused-ring (bicyclic) bond motifs is 1. The fourth-order valence-electron chi connectivity index (χ4n) is 2.76. The van der Waals surface area contributed by atoms with E-state index in [1.54, 1.807) is 11.1 Å². The molecule has 1 amide bonds. The molecule has 21 heavy (non-hydrogen) atoms. The lowest BCUT2D eigenvalue weighted by atomic mass is 10.1. The summed E-state index contributed by atoms with van der Waals surface area (Å²) in [6.07, 6.45) is 3.81. The number of hydrogen-bond donors (Lipinski definition) is 0. The Balaban J connectivity index is 1.83. The second-order valence-corrected chi connectivity index (χ2v) is 5.22. The molecule has 0 radical (unpaired) electrons. The van der Waals surface area contributed by atoms with Crippen LogP contribution in [0.4, 0.5) is 0 Å². The van der Waals surface area contributed by atoms with Gasteiger partial charge in [-0.15, -0.1) is 0 Å². The van der Waals surface area contributed by atoms with Crippen molar-refractivity contribution < 1.29 is 14.3 Å². The highest BCUT2D eigenvalue weighted by molar-refractivity contribution is 5.88. The average molecular weight is 284 g/mol. The Labute approximate surface area is 122 Å². The Morgan fingerprint density at radius 3 is 3.00 bits per heavy atom. The highest BCUT2D eigenvalue weighted by Gasteiger charge is 2.35. The molecular weight excluding hydrogens is 268 g/mol. The number of nitrogens with zero attached hydrogens (tertiary/aromatic N) is 2. The Bertz CT molecular complexity index is 693. The first-order valence-electron chi connectivity index (χ1n) is 6.86. The second-order valence-electron chi connectivity index (χ2n) is 5.22. The Morgan fingerprint density at radius 1 is 1.38 bits per heavy atom. The van der Waals surface area contributed by atoms with Gasteiger partial charge in [0.15, 0.2) is 0 Å². The number of ether oxygens (including phenoxy) is 1. The van der Waals surface area contributed by atoms with Crippen molar-refractivity contribution in [3.63, 3.8) is 0 Å². The van der Waals surface area contributed by atoms with Gasteiger partial charge in [0.05, 0.1) is 13.0 Å². The van der Waals surface area contributed by atoms with Crippen LogP contribution in [0.25, 0.3) is 10.8 Å². The molecule has 3 rings (SSSR count). The fraction of sp³-hybridized carbons (Fsp3) is 0.312. The van der Waals surface area contributed by atoms with Gasteiger partial charge in [0.1, 0.15) is 0 Å². The molecule has 1 fully saturated rings. The smallest absolute Gasteiger partial charge is 0.310 e. The van der Waals surface area contributed by atoms with E-state index >= 15 is 0 Å². The molecule has 2 heterocycles. The van der Waals surface area contributed by atoms with E-state index in [1.807, 2.05) is 30.5 Å². The summed E-state index contributed by atoms with van der Waals surface area (Å²) in [4.78, 5) is 29.5. The van der Waals surface area contributed by atoms with Crippen LogP contribution in [0.3, 0.4) is 0 Å². The molecule has 1 unspecified atom stereocenters. The molecule has 0 aliphatic carbocycles. The number of rotatable bonds is 3. The molecular formula is C16H16N2O3. The van der Waals surface area contributed by atoms with E-state index in [4.69, 9.17) is 4.74 Å². The Kier molecular flexibility index (Phi) is 3.56. The molecule has 1 aliphatic heterocycles. The molecule has 5 nitrogen and oxygen atoms in total. The summed E-state index contributed by atoms with van der Waals surface area (Å²) < 4.78 is 4.72. The summed E-state index contributed by atoms with van der Waals surface area (Å²) in [7, 11) is 1.35. The number of amides is 1. The van der Waals surface area contributed by atoms with Crippen LogP contribution in [0.5, 0.6) is 0 Å². The molecule has 1 atom stereocenters. The fourth-order valence-corrected chi connectivity index (χ4v) is 2.76. The maximum Gasteiger partial charge on any atom is 0.310 e. The van der Waals surface area contributed by atoms with Crippen molar-refractivity contribution in [2.24, 2.45) is 5.92 Å². The number of carbonyl (C=O) groups is 2. The molecule has 0 saturated carbocycles. The van der Waals surface area contributed by atoms with E-state index in [9.17, 15) is 9.59 Å². The quantitative estimate of drug-likeness (QED) is 0.806. The third-order valence-corrected chi connectivity index (χ3v) is 3.86. The lowest BCUT2D eigenvalue weighted by molar-refractivity contribution is -0.145. The molecule has 0 bridgehead atoms. The van der Waals surface area contributed by atoms with E-state index in [1.165, 1.54) is 7.11 Å². The number of methoxy groups -OCH3 is 1. The average Bonchev–Trinajstić information content (AvgIpc) is 2.88. The van der Waals surface area contributed by atoms with Gasteiger partial charge in [-0.1, -0.05) is 24.3 Å². The third kappa shape index (κ3) is 2.59. The van der Waals surface area contributed by atoms with Crippen LogP contribution in [0.2, 0.25) is 0 Å². The van der Waals surface area contributed by atoms with Crippen LogP contribution >= 0.6 is 0 Å². The van der Waals surface area contributed by atoms with Crippen LogP contribution in [-0.4, -0.2) is 35.4 Å². The van der Waals surface area contributed by atoms with Crippen molar-refractivity contribution in [1.29, 1.82) is 0 Å². The van der Waals surface area contributed by atoms with Crippen LogP contribution in [0.15, 0.2) is 36.7 Å². The number of esters is 1. The van der Waals surface area contributed by atoms with Crippen LogP contribution in [-0.2, 0) is 20.9 Å². The first-order chi connectivity index (χ1) is 10.2. The lowest BCUT2D eigenvalue weighted by Gasteiger charge is -2.17. The number of pyridine rings is 1. The molecule has 0 N–H and O–H groups in total. The van der Waals surface area contributed by atoms with Gasteiger partial charge in [-0.2, -0.15) is 0 Å². The third-order valence-electron chi connectivity index (χ3n) is 3.86. The lowest BCUT2D eigenvalue weighted by Crippen LogP contribution is -2.26. The zero-order valence-corrected chi connectivity index (χ0v) is 11.8. The van der Waals surface area contributed by atoms with Crippen molar-refractivity contribution in [1.82, 2.24) is 9.88 Å². The van der Waals surface area contributed by atoms with E-state index in [2.05, 4.69) is 4.98 Å². The first-order valence-corrected chi connectivity index (χ1v) is 6.86. The van der Waals surface area contributed by atoms with Gasteiger partial charge in [0.25, 0.3) is 0 Å². The van der Waals surface area contributed by atoms with Crippen LogP contribution < -0.4 is 0 Å². The molecule has 5 heteroatoms. The Hall–Kier alpha value is -2.43. The molecule has 1 saturated heterocycles. The van der Waals surface area contributed by atoms with Crippen molar-refractivity contribution in [2.75, 3.05) is 13.7 Å². The molecule has 1 aromatic carbocycles. The molecule has 2 aromatic rings. The maximum atomic E-state index is 12.0. The number of benzene rings is 1. The van der Waals surface area contributed by atoms with Gasteiger partial charge in [-0.25, -0.2) is 0 Å². The number of hydrogen-bond acceptors (Lipinski definition) is 4. The van der Waals surface area contributed by atoms with Gasteiger partial charge < -0.3 is 9.64 Å². The Morgan fingerprint density at radius 2 is 2.19 bits per heavy atom. The minimum atomic E-state index is -0.356. The minimum Gasteiger partial charge on any atom is -0.469 e. The minimum absolute atomic E-state index is 0.0154. The van der Waals surface area contributed by atoms with Gasteiger partial charge in [0, 0.05) is 37.3 Å². The summed E-state index contributed by atoms with van der Waals surface area (Å²) in [5, 5.41) is 2.13. The molecule has 0 spiro atoms. The van der Waals surface area contributed by atoms with Crippen molar-refractivity contribution >= 4 is 22.6 Å². The normalized spacial score (nSPS) is 18.2. The van der Waals surface area contributed by atoms with Crippen LogP contribution in [0, 0.1) is 5.92 Å². The predicted molar refractivity (Wildman–Crippen MR) is 77.3 cm³/mol. The van der Waals surface area contributed by atoms with Gasteiger partial charge in [-0.05, 0) is 10.9 Å². The van der Waals surface area contributed by atoms with Gasteiger partial charge in [-0.3, -0.25) is 14.6 Å². The van der Waals surface area contributed by atoms with E-state index in [0.29, 0.717) is 13.1 Å². The summed E-state index contributed by atoms with van der Waals surface area (Å²) in [5.41, 5.74) is 0.993. The molecule has 1 aromatic heterocycles. The zero-order chi connectivity index (χ0) is 14.8. The van der Waals surface area contributed by atoms with Gasteiger partial charge in [0.2, 0.25) is 5.91 Å². The van der Waals surface area contributed by atoms with E-state index in [0.717, 1.165) is 16.3 Å². The van der Waals surface area contributed by atoms with Crippen molar-refractivity contribution in [3.05, 3.63) is 42.2 Å². The maximum absolute atomic E-state index is 12.0. The van der Waals surface area contributed by atoms with Gasteiger partial charge >= 0.3 is 5.97 Å². The standard InChI is InChI=1S/C16H16N2O3/c1-21-16(20)12-6-15(19)18(9-12)10-13-8-17-7-11-4-2-3-5-14(11)13/h2-5,7-8,12H,6,9-10H2,1H3. The first kappa shape index (κ1) is 13.5. The highest BCUT2D eigenvalue weighted by atomic mass is 16.5. The number of likely N-dealkylation sites (tertiary alicyclic amines) is 1. The van der Waals surface area contributed by atoms with Crippen molar-refractivity contribution in [3.8, 4) is 0 Å².